The van der Waals surface area contributed by atoms with Gasteiger partial charge in [-0.15, -0.1) is 0 Å². The van der Waals surface area contributed by atoms with Gasteiger partial charge >= 0.3 is 0 Å². The van der Waals surface area contributed by atoms with Crippen molar-refractivity contribution in [1.29, 1.82) is 0 Å². The lowest BCUT2D eigenvalue weighted by Crippen LogP contribution is -2.48. The van der Waals surface area contributed by atoms with Crippen LogP contribution in [0.25, 0.3) is 0 Å². The fourth-order valence-electron chi connectivity index (χ4n) is 4.04. The van der Waals surface area contributed by atoms with Crippen molar-refractivity contribution in [2.75, 3.05) is 26.3 Å². The van der Waals surface area contributed by atoms with E-state index >= 15 is 0 Å². The van der Waals surface area contributed by atoms with Gasteiger partial charge in [0.05, 0.1) is 12.7 Å². The molecule has 2 aliphatic heterocycles. The molecule has 4 atom stereocenters. The van der Waals surface area contributed by atoms with Crippen LogP contribution < -0.4 is 0 Å². The lowest BCUT2D eigenvalue weighted by molar-refractivity contribution is -0.0556. The SMILES string of the molecule is OC1CCOCC1CN1CCCC2CCCC21. The van der Waals surface area contributed by atoms with Crippen molar-refractivity contribution in [2.24, 2.45) is 11.8 Å². The third kappa shape index (κ3) is 2.51. The first-order valence-corrected chi connectivity index (χ1v) is 7.34. The molecule has 3 nitrogen and oxygen atoms in total. The summed E-state index contributed by atoms with van der Waals surface area (Å²) in [4.78, 5) is 2.66. The number of ether oxygens (including phenoxy) is 1. The van der Waals surface area contributed by atoms with Gasteiger partial charge < -0.3 is 9.84 Å². The Morgan fingerprint density at radius 3 is 2.88 bits per heavy atom. The molecular formula is C14H25NO2. The van der Waals surface area contributed by atoms with Crippen LogP contribution in [-0.2, 0) is 4.74 Å². The second-order valence-corrected chi connectivity index (χ2v) is 6.09. The Morgan fingerprint density at radius 2 is 2.00 bits per heavy atom. The summed E-state index contributed by atoms with van der Waals surface area (Å²) in [6.45, 7) is 3.80. The molecule has 17 heavy (non-hydrogen) atoms. The Hall–Kier alpha value is -0.120. The minimum absolute atomic E-state index is 0.134. The highest BCUT2D eigenvalue weighted by atomic mass is 16.5. The molecule has 1 saturated carbocycles. The molecule has 0 aromatic carbocycles. The lowest BCUT2D eigenvalue weighted by atomic mass is 9.89. The van der Waals surface area contributed by atoms with Crippen molar-refractivity contribution in [3.8, 4) is 0 Å². The quantitative estimate of drug-likeness (QED) is 0.795. The molecule has 4 unspecified atom stereocenters. The summed E-state index contributed by atoms with van der Waals surface area (Å²) in [6.07, 6.45) is 7.71. The van der Waals surface area contributed by atoms with Crippen molar-refractivity contribution >= 4 is 0 Å². The summed E-state index contributed by atoms with van der Waals surface area (Å²) >= 11 is 0. The summed E-state index contributed by atoms with van der Waals surface area (Å²) in [6, 6.07) is 0.817. The van der Waals surface area contributed by atoms with Gasteiger partial charge in [0.2, 0.25) is 0 Å². The third-order valence-corrected chi connectivity index (χ3v) is 5.01. The molecule has 0 spiro atoms. The molecule has 0 amide bonds. The van der Waals surface area contributed by atoms with Gasteiger partial charge in [-0.05, 0) is 44.6 Å². The van der Waals surface area contributed by atoms with Gasteiger partial charge in [-0.3, -0.25) is 4.90 Å². The Bertz CT molecular complexity index is 259. The lowest BCUT2D eigenvalue weighted by Gasteiger charge is -2.41. The Balaban J connectivity index is 1.59. The predicted molar refractivity (Wildman–Crippen MR) is 66.9 cm³/mol. The third-order valence-electron chi connectivity index (χ3n) is 5.01. The fourth-order valence-corrected chi connectivity index (χ4v) is 4.04. The van der Waals surface area contributed by atoms with E-state index < -0.39 is 0 Å². The number of fused-ring (bicyclic) bond motifs is 1. The van der Waals surface area contributed by atoms with Crippen molar-refractivity contribution < 1.29 is 9.84 Å². The zero-order valence-electron chi connectivity index (χ0n) is 10.7. The van der Waals surface area contributed by atoms with Crippen molar-refractivity contribution in [2.45, 2.75) is 50.7 Å². The number of hydrogen-bond donors (Lipinski definition) is 1. The summed E-state index contributed by atoms with van der Waals surface area (Å²) in [7, 11) is 0. The summed E-state index contributed by atoms with van der Waals surface area (Å²) in [5.41, 5.74) is 0. The van der Waals surface area contributed by atoms with E-state index in [0.717, 1.165) is 38.1 Å². The van der Waals surface area contributed by atoms with Gasteiger partial charge in [0.1, 0.15) is 0 Å². The Morgan fingerprint density at radius 1 is 1.12 bits per heavy atom. The van der Waals surface area contributed by atoms with E-state index in [1.165, 1.54) is 38.6 Å². The maximum Gasteiger partial charge on any atom is 0.0624 e. The molecule has 3 rings (SSSR count). The first kappa shape index (κ1) is 11.9. The van der Waals surface area contributed by atoms with Crippen molar-refractivity contribution in [1.82, 2.24) is 4.90 Å². The van der Waals surface area contributed by atoms with Crippen molar-refractivity contribution in [3.05, 3.63) is 0 Å². The highest BCUT2D eigenvalue weighted by Crippen LogP contribution is 2.37. The largest absolute Gasteiger partial charge is 0.393 e. The summed E-state index contributed by atoms with van der Waals surface area (Å²) in [5.74, 6) is 1.30. The minimum atomic E-state index is -0.134. The van der Waals surface area contributed by atoms with Gasteiger partial charge in [0, 0.05) is 25.1 Å². The molecule has 98 valence electrons. The second-order valence-electron chi connectivity index (χ2n) is 6.09. The van der Waals surface area contributed by atoms with Gasteiger partial charge in [0.15, 0.2) is 0 Å². The highest BCUT2D eigenvalue weighted by molar-refractivity contribution is 4.90. The van der Waals surface area contributed by atoms with E-state index in [1.54, 1.807) is 0 Å². The van der Waals surface area contributed by atoms with Crippen LogP contribution in [0.3, 0.4) is 0 Å². The molecule has 1 N–H and O–H groups in total. The topological polar surface area (TPSA) is 32.7 Å². The standard InChI is InChI=1S/C14H25NO2/c16-14-6-8-17-10-12(14)9-15-7-2-4-11-3-1-5-13(11)15/h11-14,16H,1-10H2. The number of rotatable bonds is 2. The number of hydrogen-bond acceptors (Lipinski definition) is 3. The Kier molecular flexibility index (Phi) is 3.69. The summed E-state index contributed by atoms with van der Waals surface area (Å²) < 4.78 is 5.52. The predicted octanol–water partition coefficient (Wildman–Crippen LogP) is 1.65. The van der Waals surface area contributed by atoms with E-state index in [-0.39, 0.29) is 6.10 Å². The van der Waals surface area contributed by atoms with Crippen molar-refractivity contribution in [3.63, 3.8) is 0 Å². The van der Waals surface area contributed by atoms with E-state index in [9.17, 15) is 5.11 Å². The molecule has 2 heterocycles. The van der Waals surface area contributed by atoms with Gasteiger partial charge in [-0.1, -0.05) is 6.42 Å². The Labute approximate surface area is 104 Å². The molecule has 2 saturated heterocycles. The van der Waals surface area contributed by atoms with E-state index in [1.807, 2.05) is 0 Å². The molecule has 1 aliphatic carbocycles. The van der Waals surface area contributed by atoms with Crippen LogP contribution in [0.1, 0.15) is 38.5 Å². The zero-order valence-corrected chi connectivity index (χ0v) is 10.7. The normalized spacial score (nSPS) is 43.6. The summed E-state index contributed by atoms with van der Waals surface area (Å²) in [5, 5.41) is 10.0. The smallest absolute Gasteiger partial charge is 0.0624 e. The molecule has 0 aromatic heterocycles. The number of likely N-dealkylation sites (tertiary alicyclic amines) is 1. The fraction of sp³-hybridized carbons (Fsp3) is 1.00. The molecule has 0 radical (unpaired) electrons. The molecule has 3 aliphatic rings. The second kappa shape index (κ2) is 5.25. The monoisotopic (exact) mass is 239 g/mol. The molecule has 0 bridgehead atoms. The van der Waals surface area contributed by atoms with Crippen LogP contribution >= 0.6 is 0 Å². The number of piperidine rings is 1. The van der Waals surface area contributed by atoms with E-state index in [4.69, 9.17) is 4.74 Å². The molecule has 0 aromatic rings. The first-order valence-electron chi connectivity index (χ1n) is 7.34. The first-order chi connectivity index (χ1) is 8.34. The number of aliphatic hydroxyl groups is 1. The van der Waals surface area contributed by atoms with Gasteiger partial charge in [-0.2, -0.15) is 0 Å². The number of nitrogens with zero attached hydrogens (tertiary/aromatic N) is 1. The van der Waals surface area contributed by atoms with Crippen LogP contribution in [0.4, 0.5) is 0 Å². The minimum Gasteiger partial charge on any atom is -0.393 e. The highest BCUT2D eigenvalue weighted by Gasteiger charge is 2.37. The average molecular weight is 239 g/mol. The van der Waals surface area contributed by atoms with Crippen LogP contribution in [0.15, 0.2) is 0 Å². The molecule has 3 heteroatoms. The molecule has 3 fully saturated rings. The van der Waals surface area contributed by atoms with E-state index in [2.05, 4.69) is 4.90 Å². The average Bonchev–Trinajstić information content (AvgIpc) is 2.81. The van der Waals surface area contributed by atoms with Gasteiger partial charge in [0.25, 0.3) is 0 Å². The van der Waals surface area contributed by atoms with Crippen LogP contribution in [0, 0.1) is 11.8 Å². The van der Waals surface area contributed by atoms with Gasteiger partial charge in [-0.25, -0.2) is 0 Å². The molecular weight excluding hydrogens is 214 g/mol. The van der Waals surface area contributed by atoms with E-state index in [0.29, 0.717) is 5.92 Å². The maximum atomic E-state index is 10.0. The van der Waals surface area contributed by atoms with Crippen LogP contribution in [-0.4, -0.2) is 48.5 Å². The van der Waals surface area contributed by atoms with Crippen LogP contribution in [0.5, 0.6) is 0 Å². The zero-order chi connectivity index (χ0) is 11.7. The number of aliphatic hydroxyl groups excluding tert-OH is 1. The van der Waals surface area contributed by atoms with Crippen LogP contribution in [0.2, 0.25) is 0 Å². The maximum absolute atomic E-state index is 10.0.